The molecule has 1 aromatic carbocycles. The Morgan fingerprint density at radius 3 is 2.64 bits per heavy atom. The summed E-state index contributed by atoms with van der Waals surface area (Å²) in [5.74, 6) is 0.0899. The van der Waals surface area contributed by atoms with E-state index in [0.29, 0.717) is 35.3 Å². The Bertz CT molecular complexity index is 596. The number of anilines is 1. The lowest BCUT2D eigenvalue weighted by Crippen LogP contribution is -2.35. The van der Waals surface area contributed by atoms with Crippen LogP contribution in [0.15, 0.2) is 18.2 Å². The largest absolute Gasteiger partial charge is 0.339 e. The molecule has 0 spiro atoms. The number of halogens is 1. The summed E-state index contributed by atoms with van der Waals surface area (Å²) in [6, 6.07) is 5.57. The molecule has 0 radical (unpaired) electrons. The lowest BCUT2D eigenvalue weighted by atomic mass is 10.1. The quantitative estimate of drug-likeness (QED) is 0.855. The zero-order valence-electron chi connectivity index (χ0n) is 12.8. The fourth-order valence-corrected chi connectivity index (χ4v) is 3.64. The minimum atomic E-state index is 0.0106. The number of carbonyl (C=O) groups excluding carboxylic acids is 2. The van der Waals surface area contributed by atoms with Gasteiger partial charge in [-0.1, -0.05) is 24.4 Å². The summed E-state index contributed by atoms with van der Waals surface area (Å²) in [5.41, 5.74) is 1.27. The first-order valence-corrected chi connectivity index (χ1v) is 8.33. The summed E-state index contributed by atoms with van der Waals surface area (Å²) in [4.78, 5) is 28.1. The molecule has 5 heteroatoms. The standard InChI is InChI=1S/C17H21ClN2O2/c1-19(13-5-2-3-6-13)17(22)12-8-9-14(18)15(11-12)20-10-4-7-16(20)21/h8-9,11,13H,2-7,10H2,1H3. The first-order chi connectivity index (χ1) is 10.6. The number of benzene rings is 1. The Labute approximate surface area is 136 Å². The van der Waals surface area contributed by atoms with Crippen LogP contribution in [0.2, 0.25) is 5.02 Å². The van der Waals surface area contributed by atoms with E-state index in [1.165, 1.54) is 12.8 Å². The van der Waals surface area contributed by atoms with E-state index >= 15 is 0 Å². The van der Waals surface area contributed by atoms with E-state index < -0.39 is 0 Å². The number of hydrogen-bond donors (Lipinski definition) is 0. The van der Waals surface area contributed by atoms with E-state index in [1.807, 2.05) is 11.9 Å². The van der Waals surface area contributed by atoms with Crippen molar-refractivity contribution >= 4 is 29.1 Å². The maximum atomic E-state index is 12.7. The van der Waals surface area contributed by atoms with Gasteiger partial charge in [-0.05, 0) is 37.5 Å². The molecule has 2 aliphatic rings. The highest BCUT2D eigenvalue weighted by Gasteiger charge is 2.27. The maximum Gasteiger partial charge on any atom is 0.253 e. The number of amides is 2. The fraction of sp³-hybridized carbons (Fsp3) is 0.529. The van der Waals surface area contributed by atoms with E-state index in [-0.39, 0.29) is 11.8 Å². The third kappa shape index (κ3) is 2.84. The summed E-state index contributed by atoms with van der Waals surface area (Å²) < 4.78 is 0. The molecule has 1 aliphatic carbocycles. The van der Waals surface area contributed by atoms with Crippen molar-refractivity contribution in [2.75, 3.05) is 18.5 Å². The van der Waals surface area contributed by atoms with Gasteiger partial charge >= 0.3 is 0 Å². The first kappa shape index (κ1) is 15.3. The average molecular weight is 321 g/mol. The Morgan fingerprint density at radius 2 is 2.00 bits per heavy atom. The van der Waals surface area contributed by atoms with Crippen molar-refractivity contribution in [1.29, 1.82) is 0 Å². The summed E-state index contributed by atoms with van der Waals surface area (Å²) in [7, 11) is 1.87. The number of rotatable bonds is 3. The van der Waals surface area contributed by atoms with Crippen LogP contribution in [0.3, 0.4) is 0 Å². The molecule has 118 valence electrons. The molecule has 0 bridgehead atoms. The summed E-state index contributed by atoms with van der Waals surface area (Å²) in [5, 5.41) is 0.523. The second-order valence-corrected chi connectivity index (χ2v) is 6.58. The molecule has 0 unspecified atom stereocenters. The molecule has 1 saturated heterocycles. The molecule has 1 aliphatic heterocycles. The summed E-state index contributed by atoms with van der Waals surface area (Å²) >= 11 is 6.23. The van der Waals surface area contributed by atoms with Gasteiger partial charge in [0.05, 0.1) is 10.7 Å². The molecule has 22 heavy (non-hydrogen) atoms. The van der Waals surface area contributed by atoms with Crippen molar-refractivity contribution in [3.05, 3.63) is 28.8 Å². The minimum Gasteiger partial charge on any atom is -0.339 e. The molecule has 3 rings (SSSR count). The topological polar surface area (TPSA) is 40.6 Å². The summed E-state index contributed by atoms with van der Waals surface area (Å²) in [6.07, 6.45) is 5.93. The molecular formula is C17H21ClN2O2. The van der Waals surface area contributed by atoms with Gasteiger partial charge in [0.2, 0.25) is 5.91 Å². The van der Waals surface area contributed by atoms with Crippen LogP contribution < -0.4 is 4.90 Å². The summed E-state index contributed by atoms with van der Waals surface area (Å²) in [6.45, 7) is 0.675. The third-order valence-corrected chi connectivity index (χ3v) is 5.07. The van der Waals surface area contributed by atoms with Crippen LogP contribution >= 0.6 is 11.6 Å². The first-order valence-electron chi connectivity index (χ1n) is 7.95. The zero-order valence-corrected chi connectivity index (χ0v) is 13.6. The third-order valence-electron chi connectivity index (χ3n) is 4.75. The Hall–Kier alpha value is -1.55. The van der Waals surface area contributed by atoms with Gasteiger partial charge in [-0.3, -0.25) is 9.59 Å². The van der Waals surface area contributed by atoms with Gasteiger partial charge in [-0.25, -0.2) is 0 Å². The molecule has 2 amide bonds. The van der Waals surface area contributed by atoms with Crippen molar-refractivity contribution in [3.63, 3.8) is 0 Å². The van der Waals surface area contributed by atoms with Gasteiger partial charge in [0.15, 0.2) is 0 Å². The van der Waals surface area contributed by atoms with Crippen molar-refractivity contribution in [3.8, 4) is 0 Å². The fourth-order valence-electron chi connectivity index (χ4n) is 3.42. The molecule has 1 saturated carbocycles. The van der Waals surface area contributed by atoms with E-state index in [2.05, 4.69) is 0 Å². The number of carbonyl (C=O) groups is 2. The predicted molar refractivity (Wildman–Crippen MR) is 87.4 cm³/mol. The highest BCUT2D eigenvalue weighted by Crippen LogP contribution is 2.31. The van der Waals surface area contributed by atoms with E-state index in [4.69, 9.17) is 11.6 Å². The van der Waals surface area contributed by atoms with Crippen LogP contribution in [-0.4, -0.2) is 36.3 Å². The second kappa shape index (κ2) is 6.29. The van der Waals surface area contributed by atoms with Gasteiger partial charge in [-0.2, -0.15) is 0 Å². The molecule has 0 atom stereocenters. The van der Waals surface area contributed by atoms with Crippen molar-refractivity contribution in [1.82, 2.24) is 4.90 Å². The van der Waals surface area contributed by atoms with E-state index in [0.717, 1.165) is 19.3 Å². The minimum absolute atomic E-state index is 0.0106. The lowest BCUT2D eigenvalue weighted by molar-refractivity contribution is -0.117. The molecule has 4 nitrogen and oxygen atoms in total. The zero-order chi connectivity index (χ0) is 15.7. The number of nitrogens with zero attached hydrogens (tertiary/aromatic N) is 2. The SMILES string of the molecule is CN(C(=O)c1ccc(Cl)c(N2CCCC2=O)c1)C1CCCC1. The Morgan fingerprint density at radius 1 is 1.27 bits per heavy atom. The van der Waals surface area contributed by atoms with Crippen molar-refractivity contribution in [2.45, 2.75) is 44.6 Å². The van der Waals surface area contributed by atoms with Gasteiger partial charge in [-0.15, -0.1) is 0 Å². The van der Waals surface area contributed by atoms with E-state index in [9.17, 15) is 9.59 Å². The molecule has 0 aromatic heterocycles. The monoisotopic (exact) mass is 320 g/mol. The van der Waals surface area contributed by atoms with Crippen LogP contribution in [0.4, 0.5) is 5.69 Å². The van der Waals surface area contributed by atoms with Crippen LogP contribution in [0.1, 0.15) is 48.9 Å². The lowest BCUT2D eigenvalue weighted by Gasteiger charge is -2.25. The predicted octanol–water partition coefficient (Wildman–Crippen LogP) is 3.48. The maximum absolute atomic E-state index is 12.7. The van der Waals surface area contributed by atoms with Crippen LogP contribution in [0.5, 0.6) is 0 Å². The Kier molecular flexibility index (Phi) is 4.39. The molecular weight excluding hydrogens is 300 g/mol. The van der Waals surface area contributed by atoms with Crippen LogP contribution in [-0.2, 0) is 4.79 Å². The normalized spacial score (nSPS) is 19.0. The van der Waals surface area contributed by atoms with Crippen molar-refractivity contribution in [2.24, 2.45) is 0 Å². The van der Waals surface area contributed by atoms with Crippen molar-refractivity contribution < 1.29 is 9.59 Å². The van der Waals surface area contributed by atoms with Crippen LogP contribution in [0.25, 0.3) is 0 Å². The molecule has 1 heterocycles. The molecule has 2 fully saturated rings. The highest BCUT2D eigenvalue weighted by molar-refractivity contribution is 6.34. The average Bonchev–Trinajstić information content (AvgIpc) is 3.18. The Balaban J connectivity index is 1.84. The number of hydrogen-bond acceptors (Lipinski definition) is 2. The van der Waals surface area contributed by atoms with Gasteiger partial charge < -0.3 is 9.80 Å². The molecule has 1 aromatic rings. The highest BCUT2D eigenvalue weighted by atomic mass is 35.5. The second-order valence-electron chi connectivity index (χ2n) is 6.17. The van der Waals surface area contributed by atoms with Gasteiger partial charge in [0, 0.05) is 31.6 Å². The molecule has 0 N–H and O–H groups in total. The van der Waals surface area contributed by atoms with Gasteiger partial charge in [0.25, 0.3) is 5.91 Å². The van der Waals surface area contributed by atoms with Crippen LogP contribution in [0, 0.1) is 0 Å². The van der Waals surface area contributed by atoms with Gasteiger partial charge in [0.1, 0.15) is 0 Å². The van der Waals surface area contributed by atoms with E-state index in [1.54, 1.807) is 23.1 Å². The smallest absolute Gasteiger partial charge is 0.253 e.